The van der Waals surface area contributed by atoms with Crippen molar-refractivity contribution in [1.29, 1.82) is 0 Å². The Balaban J connectivity index is 1.79. The number of methoxy groups -OCH3 is 1. The molecule has 0 atom stereocenters. The Labute approximate surface area is 193 Å². The van der Waals surface area contributed by atoms with Crippen LogP contribution in [-0.2, 0) is 9.47 Å². The van der Waals surface area contributed by atoms with E-state index in [1.54, 1.807) is 47.4 Å². The van der Waals surface area contributed by atoms with Gasteiger partial charge in [-0.3, -0.25) is 0 Å². The van der Waals surface area contributed by atoms with Gasteiger partial charge in [-0.1, -0.05) is 18.2 Å². The maximum absolute atomic E-state index is 13.7. The largest absolute Gasteiger partial charge is 0.465 e. The molecule has 34 heavy (non-hydrogen) atoms. The Hall–Kier alpha value is -4.06. The molecule has 178 valence electrons. The van der Waals surface area contributed by atoms with Crippen LogP contribution in [0, 0.1) is 0 Å². The van der Waals surface area contributed by atoms with Gasteiger partial charge in [0.25, 0.3) is 6.43 Å². The predicted octanol–water partition coefficient (Wildman–Crippen LogP) is 2.61. The lowest BCUT2D eigenvalue weighted by Gasteiger charge is -2.27. The number of alkyl halides is 2. The van der Waals surface area contributed by atoms with E-state index in [2.05, 4.69) is 15.1 Å². The standard InChI is InChI=1S/C22H22F2N6O4/c1-32-20(31)14-5-4-6-15(13-14)34-22(27-21(25)29-9-11-33-12-10-29)28-30-17-8-3-2-7-16(17)26-19(30)18(23)24/h2-8,13,18H,9-12H2,1H3,(H2,25,27,28). The molecule has 3 aromatic rings. The van der Waals surface area contributed by atoms with Gasteiger partial charge in [-0.15, -0.1) is 5.10 Å². The molecule has 1 aliphatic rings. The number of esters is 1. The molecule has 0 aliphatic carbocycles. The van der Waals surface area contributed by atoms with Crippen molar-refractivity contribution >= 4 is 29.0 Å². The van der Waals surface area contributed by atoms with Crippen molar-refractivity contribution in [3.05, 3.63) is 59.9 Å². The minimum absolute atomic E-state index is 0.0780. The Morgan fingerprint density at radius 2 is 1.94 bits per heavy atom. The molecule has 0 bridgehead atoms. The number of benzene rings is 2. The number of hydrogen-bond donors (Lipinski definition) is 1. The molecule has 4 rings (SSSR count). The summed E-state index contributed by atoms with van der Waals surface area (Å²) >= 11 is 0. The first-order valence-electron chi connectivity index (χ1n) is 10.3. The minimum Gasteiger partial charge on any atom is -0.465 e. The summed E-state index contributed by atoms with van der Waals surface area (Å²) in [6, 6.07) is 12.3. The van der Waals surface area contributed by atoms with E-state index in [1.807, 2.05) is 0 Å². The number of carbonyl (C=O) groups excluding carboxylic acids is 1. The molecule has 2 N–H and O–H groups in total. The number of ether oxygens (including phenoxy) is 3. The fourth-order valence-corrected chi connectivity index (χ4v) is 3.30. The van der Waals surface area contributed by atoms with Crippen molar-refractivity contribution in [3.63, 3.8) is 0 Å². The Morgan fingerprint density at radius 1 is 1.18 bits per heavy atom. The summed E-state index contributed by atoms with van der Waals surface area (Å²) in [7, 11) is 1.26. The highest BCUT2D eigenvalue weighted by Gasteiger charge is 2.21. The van der Waals surface area contributed by atoms with Crippen LogP contribution in [0.5, 0.6) is 5.75 Å². The van der Waals surface area contributed by atoms with E-state index in [9.17, 15) is 13.6 Å². The Bertz CT molecular complexity index is 1240. The summed E-state index contributed by atoms with van der Waals surface area (Å²) in [4.78, 5) is 21.9. The van der Waals surface area contributed by atoms with Crippen molar-refractivity contribution < 1.29 is 27.8 Å². The zero-order valence-electron chi connectivity index (χ0n) is 18.2. The number of para-hydroxylation sites is 2. The maximum Gasteiger partial charge on any atom is 0.343 e. The quantitative estimate of drug-likeness (QED) is 0.352. The highest BCUT2D eigenvalue weighted by molar-refractivity contribution is 5.93. The number of aliphatic imine (C=N–C) groups is 1. The SMILES string of the molecule is COC(=O)c1cccc(OC(=Nn2c(C(F)F)nc3ccccc32)N=C(N)N2CCOCC2)c1. The normalized spacial score (nSPS) is 15.1. The second kappa shape index (κ2) is 10.3. The van der Waals surface area contributed by atoms with E-state index in [4.69, 9.17) is 19.9 Å². The number of morpholine rings is 1. The van der Waals surface area contributed by atoms with Crippen LogP contribution < -0.4 is 10.5 Å². The topological polar surface area (TPSA) is 117 Å². The number of aromatic nitrogens is 2. The molecule has 12 heteroatoms. The lowest BCUT2D eigenvalue weighted by molar-refractivity contribution is 0.0600. The zero-order valence-corrected chi connectivity index (χ0v) is 18.2. The second-order valence-corrected chi connectivity index (χ2v) is 7.14. The highest BCUT2D eigenvalue weighted by atomic mass is 19.3. The summed E-state index contributed by atoms with van der Waals surface area (Å²) in [6.45, 7) is 1.92. The number of nitrogens with zero attached hydrogens (tertiary/aromatic N) is 5. The van der Waals surface area contributed by atoms with E-state index in [0.717, 1.165) is 4.68 Å². The van der Waals surface area contributed by atoms with Crippen molar-refractivity contribution in [2.24, 2.45) is 15.8 Å². The first-order valence-corrected chi connectivity index (χ1v) is 10.3. The average molecular weight is 472 g/mol. The smallest absolute Gasteiger partial charge is 0.343 e. The second-order valence-electron chi connectivity index (χ2n) is 7.14. The van der Waals surface area contributed by atoms with E-state index < -0.39 is 18.2 Å². The molecule has 1 fully saturated rings. The maximum atomic E-state index is 13.7. The van der Waals surface area contributed by atoms with Crippen LogP contribution in [0.1, 0.15) is 22.6 Å². The first kappa shape index (κ1) is 23.1. The number of fused-ring (bicyclic) bond motifs is 1. The number of halogens is 2. The zero-order chi connectivity index (χ0) is 24.1. The fourth-order valence-electron chi connectivity index (χ4n) is 3.30. The van der Waals surface area contributed by atoms with Crippen LogP contribution in [0.25, 0.3) is 11.0 Å². The number of carbonyl (C=O) groups is 1. The molecule has 10 nitrogen and oxygen atoms in total. The van der Waals surface area contributed by atoms with Gasteiger partial charge in [0.15, 0.2) is 5.82 Å². The highest BCUT2D eigenvalue weighted by Crippen LogP contribution is 2.24. The third kappa shape index (κ3) is 5.12. The number of rotatable bonds is 4. The molecule has 0 unspecified atom stereocenters. The van der Waals surface area contributed by atoms with Gasteiger partial charge in [0, 0.05) is 13.1 Å². The molecule has 1 saturated heterocycles. The molecular weight excluding hydrogens is 450 g/mol. The van der Waals surface area contributed by atoms with Gasteiger partial charge < -0.3 is 24.8 Å². The fraction of sp³-hybridized carbons (Fsp3) is 0.273. The van der Waals surface area contributed by atoms with Crippen LogP contribution in [-0.4, -0.2) is 65.9 Å². The molecule has 1 aromatic heterocycles. The van der Waals surface area contributed by atoms with E-state index >= 15 is 0 Å². The van der Waals surface area contributed by atoms with E-state index in [1.165, 1.54) is 13.2 Å². The van der Waals surface area contributed by atoms with E-state index in [0.29, 0.717) is 37.3 Å². The molecular formula is C22H22F2N6O4. The van der Waals surface area contributed by atoms with Gasteiger partial charge in [0.2, 0.25) is 5.96 Å². The number of hydrogen-bond acceptors (Lipinski definition) is 6. The monoisotopic (exact) mass is 472 g/mol. The van der Waals surface area contributed by atoms with Gasteiger partial charge >= 0.3 is 12.0 Å². The summed E-state index contributed by atoms with van der Waals surface area (Å²) in [6.07, 6.45) is -2.90. The van der Waals surface area contributed by atoms with Crippen molar-refractivity contribution in [2.75, 3.05) is 33.4 Å². The van der Waals surface area contributed by atoms with Crippen LogP contribution in [0.2, 0.25) is 0 Å². The lowest BCUT2D eigenvalue weighted by atomic mass is 10.2. The van der Waals surface area contributed by atoms with Crippen molar-refractivity contribution in [1.82, 2.24) is 14.6 Å². The predicted molar refractivity (Wildman–Crippen MR) is 120 cm³/mol. The number of guanidine groups is 1. The van der Waals surface area contributed by atoms with Crippen molar-refractivity contribution in [2.45, 2.75) is 6.43 Å². The molecule has 1 aliphatic heterocycles. The number of imidazole rings is 1. The number of amidine groups is 1. The molecule has 0 radical (unpaired) electrons. The Kier molecular flexibility index (Phi) is 6.97. The lowest BCUT2D eigenvalue weighted by Crippen LogP contribution is -2.45. The summed E-state index contributed by atoms with van der Waals surface area (Å²) in [5.41, 5.74) is 7.05. The number of nitrogens with two attached hydrogens (primary N) is 1. The van der Waals surface area contributed by atoms with Gasteiger partial charge in [0.1, 0.15) is 5.75 Å². The van der Waals surface area contributed by atoms with Crippen molar-refractivity contribution in [3.8, 4) is 5.75 Å². The third-order valence-electron chi connectivity index (χ3n) is 4.95. The van der Waals surface area contributed by atoms with Crippen LogP contribution >= 0.6 is 0 Å². The molecule has 0 amide bonds. The van der Waals surface area contributed by atoms with E-state index in [-0.39, 0.29) is 23.3 Å². The van der Waals surface area contributed by atoms with Crippen LogP contribution in [0.15, 0.2) is 58.6 Å². The summed E-state index contributed by atoms with van der Waals surface area (Å²) in [5.74, 6) is -0.885. The van der Waals surface area contributed by atoms with Crippen LogP contribution in [0.4, 0.5) is 8.78 Å². The van der Waals surface area contributed by atoms with Gasteiger partial charge in [0.05, 0.1) is 36.9 Å². The molecule has 0 spiro atoms. The third-order valence-corrected chi connectivity index (χ3v) is 4.95. The summed E-state index contributed by atoms with van der Waals surface area (Å²) < 4.78 is 44.3. The first-order chi connectivity index (χ1) is 16.5. The molecule has 0 saturated carbocycles. The average Bonchev–Trinajstić information content (AvgIpc) is 3.23. The minimum atomic E-state index is -2.90. The summed E-state index contributed by atoms with van der Waals surface area (Å²) in [5, 5.41) is 4.22. The van der Waals surface area contributed by atoms with Gasteiger partial charge in [-0.25, -0.2) is 23.2 Å². The Morgan fingerprint density at radius 3 is 2.68 bits per heavy atom. The van der Waals surface area contributed by atoms with Gasteiger partial charge in [-0.05, 0) is 30.3 Å². The van der Waals surface area contributed by atoms with Gasteiger partial charge in [-0.2, -0.15) is 4.99 Å². The molecule has 2 aromatic carbocycles. The molecule has 2 heterocycles. The van der Waals surface area contributed by atoms with Crippen LogP contribution in [0.3, 0.4) is 0 Å².